The predicted molar refractivity (Wildman–Crippen MR) is 200 cm³/mol. The molecule has 0 spiro atoms. The van der Waals surface area contributed by atoms with Gasteiger partial charge in [0.2, 0.25) is 0 Å². The van der Waals surface area contributed by atoms with Crippen molar-refractivity contribution in [3.8, 4) is 0 Å². The van der Waals surface area contributed by atoms with E-state index in [9.17, 15) is 49.8 Å². The van der Waals surface area contributed by atoms with Gasteiger partial charge in [0.1, 0.15) is 50.8 Å². The Kier molecular flexibility index (Phi) is 30.3. The Morgan fingerprint density at radius 2 is 0.614 bits per heavy atom. The summed E-state index contributed by atoms with van der Waals surface area (Å²) in [6, 6.07) is 0. The van der Waals surface area contributed by atoms with Crippen LogP contribution in [0.15, 0.2) is 48.6 Å². The van der Waals surface area contributed by atoms with Crippen molar-refractivity contribution < 1.29 is 92.4 Å². The van der Waals surface area contributed by atoms with Gasteiger partial charge in [-0.1, -0.05) is 24.3 Å². The van der Waals surface area contributed by atoms with Gasteiger partial charge in [-0.2, -0.15) is 0 Å². The van der Waals surface area contributed by atoms with Crippen LogP contribution < -0.4 is 0 Å². The van der Waals surface area contributed by atoms with E-state index >= 15 is 0 Å². The van der Waals surface area contributed by atoms with Gasteiger partial charge in [0.05, 0.1) is 90.1 Å². The standard InChI is InChI=1S/C38H62O19/c1-5-9-33(45)54-17-29(41)13-49-23-37(21-39,24-50-14-30(42)18-55-34(46)10-6-2)27-53-28-38(22-40,25-51-15-31(43)19-56-35(47)11-7-3)26-52-16-32(44)20-57-36(48)12-8-4/h5-12,29-32,39-44H,13-28H2,1-4H3. The summed E-state index contributed by atoms with van der Waals surface area (Å²) in [5.41, 5.74) is -2.71. The highest BCUT2D eigenvalue weighted by molar-refractivity contribution is 5.82. The van der Waals surface area contributed by atoms with Crippen LogP contribution in [-0.2, 0) is 61.8 Å². The Bertz CT molecular complexity index is 1060. The van der Waals surface area contributed by atoms with Gasteiger partial charge in [-0.05, 0) is 27.7 Å². The molecule has 328 valence electrons. The third-order valence-corrected chi connectivity index (χ3v) is 7.24. The summed E-state index contributed by atoms with van der Waals surface area (Å²) < 4.78 is 48.3. The molecule has 0 aromatic carbocycles. The van der Waals surface area contributed by atoms with Gasteiger partial charge in [-0.3, -0.25) is 0 Å². The van der Waals surface area contributed by atoms with Gasteiger partial charge in [-0.25, -0.2) is 19.2 Å². The molecule has 0 saturated carbocycles. The van der Waals surface area contributed by atoms with E-state index in [0.29, 0.717) is 0 Å². The smallest absolute Gasteiger partial charge is 0.330 e. The molecular formula is C38H62O19. The highest BCUT2D eigenvalue weighted by Gasteiger charge is 2.36. The second-order valence-electron chi connectivity index (χ2n) is 13.0. The van der Waals surface area contributed by atoms with Gasteiger partial charge in [0.25, 0.3) is 0 Å². The minimum Gasteiger partial charge on any atom is -0.460 e. The summed E-state index contributed by atoms with van der Waals surface area (Å²) in [6.07, 6.45) is 5.66. The van der Waals surface area contributed by atoms with Crippen LogP contribution in [0, 0.1) is 10.8 Å². The number of rotatable bonds is 34. The summed E-state index contributed by atoms with van der Waals surface area (Å²) >= 11 is 0. The molecule has 0 fully saturated rings. The summed E-state index contributed by atoms with van der Waals surface area (Å²) in [7, 11) is 0. The van der Waals surface area contributed by atoms with Gasteiger partial charge in [0.15, 0.2) is 0 Å². The molecule has 4 atom stereocenters. The number of hydrogen-bond donors (Lipinski definition) is 6. The van der Waals surface area contributed by atoms with Gasteiger partial charge in [0, 0.05) is 24.3 Å². The van der Waals surface area contributed by atoms with Crippen LogP contribution in [0.2, 0.25) is 0 Å². The van der Waals surface area contributed by atoms with Crippen LogP contribution in [0.1, 0.15) is 27.7 Å². The molecular weight excluding hydrogens is 760 g/mol. The normalized spacial score (nSPS) is 16.3. The second-order valence-corrected chi connectivity index (χ2v) is 13.0. The lowest BCUT2D eigenvalue weighted by Gasteiger charge is -2.35. The van der Waals surface area contributed by atoms with Crippen molar-refractivity contribution in [1.82, 2.24) is 0 Å². The van der Waals surface area contributed by atoms with E-state index in [4.69, 9.17) is 42.6 Å². The van der Waals surface area contributed by atoms with Crippen LogP contribution in [0.3, 0.4) is 0 Å². The molecule has 0 bridgehead atoms. The summed E-state index contributed by atoms with van der Waals surface area (Å²) in [4.78, 5) is 46.4. The number of allylic oxidation sites excluding steroid dienone is 4. The number of ether oxygens (including phenoxy) is 9. The third kappa shape index (κ3) is 26.9. The van der Waals surface area contributed by atoms with Crippen molar-refractivity contribution in [3.05, 3.63) is 48.6 Å². The van der Waals surface area contributed by atoms with E-state index in [2.05, 4.69) is 0 Å². The molecule has 0 saturated heterocycles. The zero-order valence-corrected chi connectivity index (χ0v) is 33.2. The monoisotopic (exact) mass is 822 g/mol. The fraction of sp³-hybridized carbons (Fsp3) is 0.684. The molecule has 0 aromatic heterocycles. The number of carbonyl (C=O) groups excluding carboxylic acids is 4. The van der Waals surface area contributed by atoms with Crippen molar-refractivity contribution in [2.24, 2.45) is 10.8 Å². The number of hydrogen-bond acceptors (Lipinski definition) is 19. The minimum absolute atomic E-state index is 0.287. The van der Waals surface area contributed by atoms with Crippen LogP contribution in [0.4, 0.5) is 0 Å². The maximum absolute atomic E-state index is 11.6. The Balaban J connectivity index is 5.87. The first kappa shape index (κ1) is 53.4. The fourth-order valence-corrected chi connectivity index (χ4v) is 4.30. The quantitative estimate of drug-likeness (QED) is 0.0257. The maximum Gasteiger partial charge on any atom is 0.330 e. The maximum atomic E-state index is 11.6. The highest BCUT2D eigenvalue weighted by atomic mass is 16.6. The highest BCUT2D eigenvalue weighted by Crippen LogP contribution is 2.24. The second kappa shape index (κ2) is 32.4. The molecule has 0 aliphatic rings. The molecule has 6 N–H and O–H groups in total. The third-order valence-electron chi connectivity index (χ3n) is 7.24. The lowest BCUT2D eigenvalue weighted by atomic mass is 9.90. The Labute approximate surface area is 333 Å². The van der Waals surface area contributed by atoms with Crippen molar-refractivity contribution in [2.45, 2.75) is 52.1 Å². The Morgan fingerprint density at radius 1 is 0.404 bits per heavy atom. The average Bonchev–Trinajstić information content (AvgIpc) is 3.17. The lowest BCUT2D eigenvalue weighted by Crippen LogP contribution is -2.46. The van der Waals surface area contributed by atoms with Crippen LogP contribution in [-0.4, -0.2) is 185 Å². The molecule has 19 nitrogen and oxygen atoms in total. The lowest BCUT2D eigenvalue weighted by molar-refractivity contribution is -0.152. The van der Waals surface area contributed by atoms with E-state index in [-0.39, 0.29) is 92.5 Å². The van der Waals surface area contributed by atoms with E-state index < -0.39 is 72.3 Å². The largest absolute Gasteiger partial charge is 0.460 e. The van der Waals surface area contributed by atoms with Crippen LogP contribution in [0.5, 0.6) is 0 Å². The molecule has 57 heavy (non-hydrogen) atoms. The topological polar surface area (TPSA) is 273 Å². The SMILES string of the molecule is CC=CC(=O)OCC(O)COCC(CO)(COCC(O)COC(=O)C=CC)COCC(CO)(COCC(O)COC(=O)C=CC)COCC(O)COC(=O)C=CC. The van der Waals surface area contributed by atoms with Crippen LogP contribution >= 0.6 is 0 Å². The molecule has 0 radical (unpaired) electrons. The number of aliphatic hydroxyl groups is 6. The molecule has 0 heterocycles. The molecule has 0 amide bonds. The Hall–Kier alpha value is -3.60. The molecule has 0 aliphatic heterocycles. The first-order valence-electron chi connectivity index (χ1n) is 18.2. The number of carbonyl (C=O) groups is 4. The van der Waals surface area contributed by atoms with E-state index in [1.807, 2.05) is 0 Å². The average molecular weight is 823 g/mol. The number of esters is 4. The first-order valence-corrected chi connectivity index (χ1v) is 18.2. The summed E-state index contributed by atoms with van der Waals surface area (Å²) in [6.45, 7) is 0.704. The molecule has 4 unspecified atom stereocenters. The van der Waals surface area contributed by atoms with Crippen molar-refractivity contribution >= 4 is 23.9 Å². The van der Waals surface area contributed by atoms with Crippen LogP contribution in [0.25, 0.3) is 0 Å². The predicted octanol–water partition coefficient (Wildman–Crippen LogP) is -1.05. The fourth-order valence-electron chi connectivity index (χ4n) is 4.30. The van der Waals surface area contributed by atoms with Crippen molar-refractivity contribution in [3.63, 3.8) is 0 Å². The first-order chi connectivity index (χ1) is 27.2. The van der Waals surface area contributed by atoms with Gasteiger partial charge < -0.3 is 73.3 Å². The summed E-state index contributed by atoms with van der Waals surface area (Å²) in [5, 5.41) is 62.2. The minimum atomic E-state index is -1.36. The van der Waals surface area contributed by atoms with Gasteiger partial charge >= 0.3 is 23.9 Å². The zero-order chi connectivity index (χ0) is 43.0. The Morgan fingerprint density at radius 3 is 0.807 bits per heavy atom. The van der Waals surface area contributed by atoms with E-state index in [0.717, 1.165) is 0 Å². The van der Waals surface area contributed by atoms with Gasteiger partial charge in [-0.15, -0.1) is 0 Å². The molecule has 0 aliphatic carbocycles. The van der Waals surface area contributed by atoms with Crippen molar-refractivity contribution in [1.29, 1.82) is 0 Å². The molecule has 0 rings (SSSR count). The zero-order valence-electron chi connectivity index (χ0n) is 33.2. The van der Waals surface area contributed by atoms with Crippen molar-refractivity contribution in [2.75, 3.05) is 106 Å². The van der Waals surface area contributed by atoms with E-state index in [1.165, 1.54) is 48.6 Å². The number of aliphatic hydroxyl groups excluding tert-OH is 6. The molecule has 0 aromatic rings. The van der Waals surface area contributed by atoms with E-state index in [1.54, 1.807) is 27.7 Å². The molecule has 19 heteroatoms. The summed E-state index contributed by atoms with van der Waals surface area (Å²) in [5.74, 6) is -2.66.